The number of hydrogen-bond donors (Lipinski definition) is 2. The highest BCUT2D eigenvalue weighted by Gasteiger charge is 2.05. The Balaban J connectivity index is 1.92. The third-order valence-electron chi connectivity index (χ3n) is 4.16. The average Bonchev–Trinajstić information content (AvgIpc) is 3.13. The van der Waals surface area contributed by atoms with E-state index >= 15 is 0 Å². The Bertz CT molecular complexity index is 753. The van der Waals surface area contributed by atoms with Crippen molar-refractivity contribution in [3.8, 4) is 5.75 Å². The SMILES string of the molecule is C=CCNC(=NCCc1cc(C)ccc1OC)NCCn1cnnc1CC. The molecule has 1 heterocycles. The van der Waals surface area contributed by atoms with Gasteiger partial charge in [-0.1, -0.05) is 30.7 Å². The van der Waals surface area contributed by atoms with Crippen molar-refractivity contribution in [3.05, 3.63) is 54.1 Å². The number of aliphatic imine (C=N–C) groups is 1. The fourth-order valence-corrected chi connectivity index (χ4v) is 2.77. The molecule has 146 valence electrons. The molecule has 0 amide bonds. The third kappa shape index (κ3) is 6.44. The van der Waals surface area contributed by atoms with Gasteiger partial charge in [-0.15, -0.1) is 16.8 Å². The summed E-state index contributed by atoms with van der Waals surface area (Å²) in [6, 6.07) is 6.21. The van der Waals surface area contributed by atoms with Crippen LogP contribution in [0, 0.1) is 6.92 Å². The molecule has 2 aromatic rings. The standard InChI is InChI=1S/C20H30N6O/c1-5-10-21-20(23-12-13-26-15-24-25-19(26)6-2)22-11-9-17-14-16(3)7-8-18(17)27-4/h5,7-8,14-15H,1,6,9-13H2,2-4H3,(H2,21,22,23). The first-order chi connectivity index (χ1) is 13.2. The maximum Gasteiger partial charge on any atom is 0.191 e. The molecule has 0 saturated heterocycles. The first kappa shape index (κ1) is 20.5. The first-order valence-electron chi connectivity index (χ1n) is 9.31. The summed E-state index contributed by atoms with van der Waals surface area (Å²) in [5, 5.41) is 14.7. The molecule has 27 heavy (non-hydrogen) atoms. The number of methoxy groups -OCH3 is 1. The van der Waals surface area contributed by atoms with Crippen molar-refractivity contribution in [2.24, 2.45) is 4.99 Å². The van der Waals surface area contributed by atoms with E-state index in [1.54, 1.807) is 13.4 Å². The molecule has 7 nitrogen and oxygen atoms in total. The van der Waals surface area contributed by atoms with E-state index in [0.29, 0.717) is 13.1 Å². The summed E-state index contributed by atoms with van der Waals surface area (Å²) in [4.78, 5) is 4.67. The summed E-state index contributed by atoms with van der Waals surface area (Å²) < 4.78 is 7.49. The van der Waals surface area contributed by atoms with Gasteiger partial charge >= 0.3 is 0 Å². The highest BCUT2D eigenvalue weighted by molar-refractivity contribution is 5.79. The number of nitrogens with one attached hydrogen (secondary N) is 2. The van der Waals surface area contributed by atoms with Crippen LogP contribution in [0.4, 0.5) is 0 Å². The quantitative estimate of drug-likeness (QED) is 0.381. The van der Waals surface area contributed by atoms with Crippen LogP contribution in [0.15, 0.2) is 42.2 Å². The van der Waals surface area contributed by atoms with Gasteiger partial charge in [0.25, 0.3) is 0 Å². The summed E-state index contributed by atoms with van der Waals surface area (Å²) in [5.74, 6) is 2.66. The predicted octanol–water partition coefficient (Wildman–Crippen LogP) is 2.12. The predicted molar refractivity (Wildman–Crippen MR) is 109 cm³/mol. The van der Waals surface area contributed by atoms with Crippen molar-refractivity contribution in [2.75, 3.05) is 26.7 Å². The molecule has 2 rings (SSSR count). The summed E-state index contributed by atoms with van der Waals surface area (Å²) >= 11 is 0. The molecule has 7 heteroatoms. The lowest BCUT2D eigenvalue weighted by molar-refractivity contribution is 0.409. The molecule has 0 radical (unpaired) electrons. The smallest absolute Gasteiger partial charge is 0.191 e. The second kappa shape index (κ2) is 11.0. The van der Waals surface area contributed by atoms with Crippen LogP contribution >= 0.6 is 0 Å². The van der Waals surface area contributed by atoms with E-state index in [2.05, 4.69) is 62.9 Å². The van der Waals surface area contributed by atoms with Crippen LogP contribution < -0.4 is 15.4 Å². The van der Waals surface area contributed by atoms with Gasteiger partial charge in [-0.05, 0) is 25.0 Å². The summed E-state index contributed by atoms with van der Waals surface area (Å²) in [6.45, 7) is 10.8. The fourth-order valence-electron chi connectivity index (χ4n) is 2.77. The van der Waals surface area contributed by atoms with Crippen LogP contribution in [0.25, 0.3) is 0 Å². The maximum atomic E-state index is 5.44. The average molecular weight is 371 g/mol. The summed E-state index contributed by atoms with van der Waals surface area (Å²) in [5.41, 5.74) is 2.39. The number of ether oxygens (including phenoxy) is 1. The van der Waals surface area contributed by atoms with Gasteiger partial charge < -0.3 is 19.9 Å². The lowest BCUT2D eigenvalue weighted by atomic mass is 10.1. The molecular weight excluding hydrogens is 340 g/mol. The highest BCUT2D eigenvalue weighted by atomic mass is 16.5. The molecule has 2 N–H and O–H groups in total. The maximum absolute atomic E-state index is 5.44. The Kier molecular flexibility index (Phi) is 8.35. The number of hydrogen-bond acceptors (Lipinski definition) is 4. The highest BCUT2D eigenvalue weighted by Crippen LogP contribution is 2.20. The van der Waals surface area contributed by atoms with Crippen LogP contribution in [-0.4, -0.2) is 47.5 Å². The van der Waals surface area contributed by atoms with E-state index < -0.39 is 0 Å². The van der Waals surface area contributed by atoms with Crippen molar-refractivity contribution < 1.29 is 4.74 Å². The number of aryl methyl sites for hydroxylation is 2. The van der Waals surface area contributed by atoms with E-state index in [1.807, 2.05) is 12.1 Å². The van der Waals surface area contributed by atoms with Crippen molar-refractivity contribution in [1.29, 1.82) is 0 Å². The Labute approximate surface area is 161 Å². The number of guanidine groups is 1. The normalized spacial score (nSPS) is 11.3. The minimum atomic E-state index is 0.659. The van der Waals surface area contributed by atoms with Crippen molar-refractivity contribution in [2.45, 2.75) is 33.2 Å². The number of rotatable bonds is 10. The van der Waals surface area contributed by atoms with E-state index in [4.69, 9.17) is 4.74 Å². The first-order valence-corrected chi connectivity index (χ1v) is 9.31. The molecule has 0 atom stereocenters. The lowest BCUT2D eigenvalue weighted by Crippen LogP contribution is -2.39. The van der Waals surface area contributed by atoms with Crippen molar-refractivity contribution >= 4 is 5.96 Å². The van der Waals surface area contributed by atoms with E-state index in [1.165, 1.54) is 11.1 Å². The van der Waals surface area contributed by atoms with E-state index in [-0.39, 0.29) is 0 Å². The topological polar surface area (TPSA) is 76.4 Å². The van der Waals surface area contributed by atoms with Gasteiger partial charge in [-0.2, -0.15) is 0 Å². The van der Waals surface area contributed by atoms with Gasteiger partial charge in [0.2, 0.25) is 0 Å². The van der Waals surface area contributed by atoms with Gasteiger partial charge in [0.05, 0.1) is 7.11 Å². The summed E-state index contributed by atoms with van der Waals surface area (Å²) in [6.07, 6.45) is 5.26. The molecule has 0 spiro atoms. The molecule has 0 bridgehead atoms. The zero-order valence-corrected chi connectivity index (χ0v) is 16.5. The molecule has 0 aliphatic rings. The zero-order valence-electron chi connectivity index (χ0n) is 16.5. The molecular formula is C20H30N6O. The molecule has 0 fully saturated rings. The largest absolute Gasteiger partial charge is 0.496 e. The summed E-state index contributed by atoms with van der Waals surface area (Å²) in [7, 11) is 1.70. The Morgan fingerprint density at radius 2 is 2.22 bits per heavy atom. The van der Waals surface area contributed by atoms with Crippen LogP contribution in [-0.2, 0) is 19.4 Å². The Morgan fingerprint density at radius 3 is 2.96 bits per heavy atom. The molecule has 0 aliphatic carbocycles. The second-order valence-corrected chi connectivity index (χ2v) is 6.19. The Hall–Kier alpha value is -2.83. The molecule has 0 aliphatic heterocycles. The van der Waals surface area contributed by atoms with Crippen molar-refractivity contribution in [3.63, 3.8) is 0 Å². The van der Waals surface area contributed by atoms with Crippen LogP contribution in [0.1, 0.15) is 23.9 Å². The zero-order chi connectivity index (χ0) is 19.5. The van der Waals surface area contributed by atoms with Crippen LogP contribution in [0.2, 0.25) is 0 Å². The third-order valence-corrected chi connectivity index (χ3v) is 4.16. The second-order valence-electron chi connectivity index (χ2n) is 6.19. The number of benzene rings is 1. The fraction of sp³-hybridized carbons (Fsp3) is 0.450. The monoisotopic (exact) mass is 370 g/mol. The molecule has 1 aromatic heterocycles. The molecule has 1 aromatic carbocycles. The minimum Gasteiger partial charge on any atom is -0.496 e. The molecule has 0 saturated carbocycles. The van der Waals surface area contributed by atoms with Gasteiger partial charge in [-0.3, -0.25) is 4.99 Å². The van der Waals surface area contributed by atoms with Gasteiger partial charge in [0, 0.05) is 32.6 Å². The van der Waals surface area contributed by atoms with Gasteiger partial charge in [-0.25, -0.2) is 0 Å². The number of nitrogens with zero attached hydrogens (tertiary/aromatic N) is 4. The minimum absolute atomic E-state index is 0.659. The van der Waals surface area contributed by atoms with E-state index in [9.17, 15) is 0 Å². The molecule has 0 unspecified atom stereocenters. The number of aromatic nitrogens is 3. The van der Waals surface area contributed by atoms with Crippen molar-refractivity contribution in [1.82, 2.24) is 25.4 Å². The van der Waals surface area contributed by atoms with Crippen LogP contribution in [0.3, 0.4) is 0 Å². The Morgan fingerprint density at radius 1 is 1.37 bits per heavy atom. The van der Waals surface area contributed by atoms with E-state index in [0.717, 1.165) is 43.5 Å². The van der Waals surface area contributed by atoms with Gasteiger partial charge in [0.15, 0.2) is 5.96 Å². The lowest BCUT2D eigenvalue weighted by Gasteiger charge is -2.13. The van der Waals surface area contributed by atoms with Gasteiger partial charge in [0.1, 0.15) is 17.9 Å². The van der Waals surface area contributed by atoms with Crippen LogP contribution in [0.5, 0.6) is 5.75 Å².